The van der Waals surface area contributed by atoms with Crippen molar-refractivity contribution in [3.05, 3.63) is 59.7 Å². The first-order chi connectivity index (χ1) is 11.5. The number of carbonyl (C=O) groups is 1. The molecule has 0 bridgehead atoms. The van der Waals surface area contributed by atoms with Crippen LogP contribution in [-0.2, 0) is 4.79 Å². The van der Waals surface area contributed by atoms with Crippen molar-refractivity contribution < 1.29 is 14.3 Å². The Morgan fingerprint density at radius 2 is 1.67 bits per heavy atom. The number of benzene rings is 2. The first-order valence-corrected chi connectivity index (χ1v) is 7.84. The molecule has 2 aromatic rings. The number of hydrogen-bond donors (Lipinski definition) is 1. The highest BCUT2D eigenvalue weighted by Crippen LogP contribution is 2.29. The molecule has 4 heteroatoms. The Hall–Kier alpha value is -2.75. The van der Waals surface area contributed by atoms with E-state index in [-0.39, 0.29) is 5.91 Å². The SMILES string of the molecule is COc1ccc(NC(=O)/C=C/c2ccc(C(C)C)cc2)cc1OC. The molecule has 0 aliphatic heterocycles. The van der Waals surface area contributed by atoms with Gasteiger partial charge >= 0.3 is 0 Å². The van der Waals surface area contributed by atoms with Gasteiger partial charge in [-0.3, -0.25) is 4.79 Å². The van der Waals surface area contributed by atoms with E-state index < -0.39 is 0 Å². The van der Waals surface area contributed by atoms with Crippen molar-refractivity contribution in [3.63, 3.8) is 0 Å². The number of anilines is 1. The third-order valence-corrected chi connectivity index (χ3v) is 3.68. The maximum Gasteiger partial charge on any atom is 0.248 e. The largest absolute Gasteiger partial charge is 0.493 e. The van der Waals surface area contributed by atoms with Gasteiger partial charge in [-0.2, -0.15) is 0 Å². The van der Waals surface area contributed by atoms with E-state index >= 15 is 0 Å². The van der Waals surface area contributed by atoms with E-state index in [9.17, 15) is 4.79 Å². The van der Waals surface area contributed by atoms with Crippen molar-refractivity contribution in [2.24, 2.45) is 0 Å². The van der Waals surface area contributed by atoms with Crippen LogP contribution in [0.15, 0.2) is 48.5 Å². The summed E-state index contributed by atoms with van der Waals surface area (Å²) in [6.45, 7) is 4.31. The van der Waals surface area contributed by atoms with Crippen LogP contribution in [0, 0.1) is 0 Å². The molecule has 0 saturated carbocycles. The van der Waals surface area contributed by atoms with E-state index in [2.05, 4.69) is 31.3 Å². The molecule has 0 fully saturated rings. The number of hydrogen-bond acceptors (Lipinski definition) is 3. The van der Waals surface area contributed by atoms with Crippen LogP contribution in [0.1, 0.15) is 30.9 Å². The number of nitrogens with one attached hydrogen (secondary N) is 1. The van der Waals surface area contributed by atoms with E-state index in [4.69, 9.17) is 9.47 Å². The van der Waals surface area contributed by atoms with Gasteiger partial charge in [0.15, 0.2) is 11.5 Å². The van der Waals surface area contributed by atoms with Gasteiger partial charge in [-0.25, -0.2) is 0 Å². The molecule has 1 amide bonds. The van der Waals surface area contributed by atoms with Crippen LogP contribution >= 0.6 is 0 Å². The first kappa shape index (κ1) is 17.6. The molecule has 1 N–H and O–H groups in total. The summed E-state index contributed by atoms with van der Waals surface area (Å²) < 4.78 is 10.4. The van der Waals surface area contributed by atoms with Gasteiger partial charge < -0.3 is 14.8 Å². The average Bonchev–Trinajstić information content (AvgIpc) is 2.60. The van der Waals surface area contributed by atoms with Gasteiger partial charge in [0.25, 0.3) is 0 Å². The lowest BCUT2D eigenvalue weighted by atomic mass is 10.0. The molecule has 4 nitrogen and oxygen atoms in total. The molecule has 0 spiro atoms. The van der Waals surface area contributed by atoms with Crippen molar-refractivity contribution in [2.45, 2.75) is 19.8 Å². The number of amides is 1. The predicted molar refractivity (Wildman–Crippen MR) is 97.7 cm³/mol. The topological polar surface area (TPSA) is 47.6 Å². The lowest BCUT2D eigenvalue weighted by Gasteiger charge is -2.09. The molecule has 2 aromatic carbocycles. The third kappa shape index (κ3) is 4.62. The lowest BCUT2D eigenvalue weighted by Crippen LogP contribution is -2.07. The normalized spacial score (nSPS) is 10.9. The van der Waals surface area contributed by atoms with E-state index in [1.165, 1.54) is 11.6 Å². The zero-order valence-corrected chi connectivity index (χ0v) is 14.5. The van der Waals surface area contributed by atoms with E-state index in [1.54, 1.807) is 38.5 Å². The summed E-state index contributed by atoms with van der Waals surface area (Å²) in [6.07, 6.45) is 3.31. The standard InChI is InChI=1S/C20H23NO3/c1-14(2)16-8-5-15(6-9-16)7-12-20(22)21-17-10-11-18(23-3)19(13-17)24-4/h5-14H,1-4H3,(H,21,22)/b12-7+. The van der Waals surface area contributed by atoms with Crippen LogP contribution in [0.3, 0.4) is 0 Å². The molecular formula is C20H23NO3. The second kappa shape index (κ2) is 8.20. The number of ether oxygens (including phenoxy) is 2. The second-order valence-electron chi connectivity index (χ2n) is 5.71. The number of methoxy groups -OCH3 is 2. The molecule has 0 saturated heterocycles. The molecule has 2 rings (SSSR count). The molecular weight excluding hydrogens is 302 g/mol. The zero-order valence-electron chi connectivity index (χ0n) is 14.5. The Morgan fingerprint density at radius 1 is 1.00 bits per heavy atom. The molecule has 24 heavy (non-hydrogen) atoms. The van der Waals surface area contributed by atoms with Gasteiger partial charge in [-0.15, -0.1) is 0 Å². The van der Waals surface area contributed by atoms with Gasteiger partial charge in [0, 0.05) is 17.8 Å². The van der Waals surface area contributed by atoms with Gasteiger partial charge in [-0.1, -0.05) is 38.1 Å². The minimum atomic E-state index is -0.199. The van der Waals surface area contributed by atoms with Crippen molar-refractivity contribution in [1.29, 1.82) is 0 Å². The smallest absolute Gasteiger partial charge is 0.248 e. The summed E-state index contributed by atoms with van der Waals surface area (Å²) in [5.41, 5.74) is 2.92. The fourth-order valence-electron chi connectivity index (χ4n) is 2.26. The lowest BCUT2D eigenvalue weighted by molar-refractivity contribution is -0.111. The van der Waals surface area contributed by atoms with Crippen molar-refractivity contribution in [1.82, 2.24) is 0 Å². The summed E-state index contributed by atoms with van der Waals surface area (Å²) >= 11 is 0. The van der Waals surface area contributed by atoms with E-state index in [1.807, 2.05) is 12.1 Å². The Morgan fingerprint density at radius 3 is 2.25 bits per heavy atom. The number of rotatable bonds is 6. The Bertz CT molecular complexity index is 718. The van der Waals surface area contributed by atoms with E-state index in [0.717, 1.165) is 5.56 Å². The zero-order chi connectivity index (χ0) is 17.5. The van der Waals surface area contributed by atoms with Crippen molar-refractivity contribution in [2.75, 3.05) is 19.5 Å². The first-order valence-electron chi connectivity index (χ1n) is 7.84. The fraction of sp³-hybridized carbons (Fsp3) is 0.250. The molecule has 0 atom stereocenters. The summed E-state index contributed by atoms with van der Waals surface area (Å²) in [6, 6.07) is 13.4. The molecule has 0 aliphatic rings. The monoisotopic (exact) mass is 325 g/mol. The second-order valence-corrected chi connectivity index (χ2v) is 5.71. The predicted octanol–water partition coefficient (Wildman–Crippen LogP) is 4.48. The molecule has 0 aliphatic carbocycles. The maximum atomic E-state index is 12.0. The van der Waals surface area contributed by atoms with Crippen LogP contribution in [-0.4, -0.2) is 20.1 Å². The molecule has 0 radical (unpaired) electrons. The van der Waals surface area contributed by atoms with E-state index in [0.29, 0.717) is 23.1 Å². The van der Waals surface area contributed by atoms with Crippen molar-refractivity contribution >= 4 is 17.7 Å². The minimum absolute atomic E-state index is 0.199. The molecule has 0 aromatic heterocycles. The fourth-order valence-corrected chi connectivity index (χ4v) is 2.26. The Kier molecular flexibility index (Phi) is 6.01. The van der Waals surface area contributed by atoms with Crippen LogP contribution in [0.5, 0.6) is 11.5 Å². The third-order valence-electron chi connectivity index (χ3n) is 3.68. The Labute approximate surface area is 143 Å². The highest BCUT2D eigenvalue weighted by atomic mass is 16.5. The Balaban J connectivity index is 2.02. The highest BCUT2D eigenvalue weighted by molar-refractivity contribution is 6.02. The van der Waals surface area contributed by atoms with Crippen LogP contribution in [0.25, 0.3) is 6.08 Å². The van der Waals surface area contributed by atoms with Gasteiger partial charge in [-0.05, 0) is 35.3 Å². The molecule has 126 valence electrons. The summed E-state index contributed by atoms with van der Waals surface area (Å²) in [4.78, 5) is 12.0. The summed E-state index contributed by atoms with van der Waals surface area (Å²) in [7, 11) is 3.13. The van der Waals surface area contributed by atoms with Gasteiger partial charge in [0.2, 0.25) is 5.91 Å². The van der Waals surface area contributed by atoms with Crippen LogP contribution in [0.2, 0.25) is 0 Å². The van der Waals surface area contributed by atoms with Crippen molar-refractivity contribution in [3.8, 4) is 11.5 Å². The minimum Gasteiger partial charge on any atom is -0.493 e. The van der Waals surface area contributed by atoms with Gasteiger partial charge in [0.1, 0.15) is 0 Å². The average molecular weight is 325 g/mol. The van der Waals surface area contributed by atoms with Gasteiger partial charge in [0.05, 0.1) is 14.2 Å². The number of carbonyl (C=O) groups excluding carboxylic acids is 1. The highest BCUT2D eigenvalue weighted by Gasteiger charge is 2.06. The summed E-state index contributed by atoms with van der Waals surface area (Å²) in [5.74, 6) is 1.49. The maximum absolute atomic E-state index is 12.0. The summed E-state index contributed by atoms with van der Waals surface area (Å²) in [5, 5.41) is 2.81. The van der Waals surface area contributed by atoms with Crippen LogP contribution < -0.4 is 14.8 Å². The quantitative estimate of drug-likeness (QED) is 0.797. The molecule has 0 heterocycles. The molecule has 0 unspecified atom stereocenters. The van der Waals surface area contributed by atoms with Crippen LogP contribution in [0.4, 0.5) is 5.69 Å².